The van der Waals surface area contributed by atoms with Gasteiger partial charge in [0.25, 0.3) is 0 Å². The quantitative estimate of drug-likeness (QED) is 0.302. The molecule has 0 radical (unpaired) electrons. The van der Waals surface area contributed by atoms with Crippen molar-refractivity contribution >= 4 is 44.7 Å². The second-order valence-corrected chi connectivity index (χ2v) is 9.55. The Labute approximate surface area is 208 Å². The number of anilines is 2. The number of hydrogen-bond acceptors (Lipinski definition) is 10. The molecule has 1 fully saturated rings. The molecule has 0 saturated carbocycles. The Morgan fingerprint density at radius 3 is 2.69 bits per heavy atom. The van der Waals surface area contributed by atoms with Gasteiger partial charge in [0.1, 0.15) is 15.4 Å². The number of rotatable bonds is 8. The molecule has 3 aromatic heterocycles. The first-order chi connectivity index (χ1) is 17.1. The van der Waals surface area contributed by atoms with Crippen LogP contribution in [0.15, 0.2) is 36.7 Å². The minimum Gasteiger partial charge on any atom is -0.378 e. The summed E-state index contributed by atoms with van der Waals surface area (Å²) < 4.78 is 27.8. The van der Waals surface area contributed by atoms with Crippen molar-refractivity contribution < 1.29 is 13.5 Å². The van der Waals surface area contributed by atoms with Crippen molar-refractivity contribution in [1.82, 2.24) is 29.6 Å². The Bertz CT molecular complexity index is 1340. The van der Waals surface area contributed by atoms with Crippen LogP contribution < -0.4 is 14.9 Å². The number of nitrogens with zero attached hydrogens (tertiary/aromatic N) is 6. The van der Waals surface area contributed by atoms with Gasteiger partial charge in [-0.05, 0) is 18.1 Å². The molecule has 1 aromatic carbocycles. The zero-order valence-electron chi connectivity index (χ0n) is 19.0. The van der Waals surface area contributed by atoms with Crippen molar-refractivity contribution in [3.05, 3.63) is 42.2 Å². The fourth-order valence-corrected chi connectivity index (χ4v) is 4.98. The minimum atomic E-state index is -2.02. The van der Waals surface area contributed by atoms with Gasteiger partial charge >= 0.3 is 0 Å². The highest BCUT2D eigenvalue weighted by Crippen LogP contribution is 2.35. The number of nitrogens with one attached hydrogen (secondary N) is 2. The van der Waals surface area contributed by atoms with E-state index in [1.165, 1.54) is 11.3 Å². The van der Waals surface area contributed by atoms with Gasteiger partial charge < -0.3 is 15.0 Å². The van der Waals surface area contributed by atoms with Crippen LogP contribution in [0.25, 0.3) is 32.3 Å². The number of thiazole rings is 1. The fraction of sp³-hybridized carbons (Fsp3) is 0.318. The zero-order valence-corrected chi connectivity index (χ0v) is 20.6. The third kappa shape index (κ3) is 5.44. The maximum atomic E-state index is 10.9. The molecular weight excluding hydrogens is 488 g/mol. The minimum absolute atomic E-state index is 0.400. The highest BCUT2D eigenvalue weighted by Gasteiger charge is 2.22. The number of aromatic nitrogens is 5. The molecule has 4 heterocycles. The van der Waals surface area contributed by atoms with E-state index in [-0.39, 0.29) is 0 Å². The van der Waals surface area contributed by atoms with Crippen LogP contribution in [-0.4, -0.2) is 73.6 Å². The highest BCUT2D eigenvalue weighted by molar-refractivity contribution is 7.77. The number of morpholine rings is 1. The molecule has 4 aromatic rings. The number of ether oxygens (including phenoxy) is 1. The molecule has 0 aliphatic carbocycles. The normalized spacial score (nSPS) is 14.9. The average molecular weight is 513 g/mol. The first kappa shape index (κ1) is 23.6. The van der Waals surface area contributed by atoms with Crippen molar-refractivity contribution in [2.75, 3.05) is 50.1 Å². The lowest BCUT2D eigenvalue weighted by Gasteiger charge is -2.28. The molecule has 0 bridgehead atoms. The molecular formula is C22H24N8O3S2. The first-order valence-corrected chi connectivity index (χ1v) is 13.0. The molecule has 1 atom stereocenters. The Hall–Kier alpha value is -3.10. The van der Waals surface area contributed by atoms with Gasteiger partial charge in [-0.1, -0.05) is 29.5 Å². The lowest BCUT2D eigenvalue weighted by Crippen LogP contribution is -2.37. The topological polar surface area (TPSA) is 138 Å². The second-order valence-electron chi connectivity index (χ2n) is 7.78. The van der Waals surface area contributed by atoms with Crippen molar-refractivity contribution in [2.45, 2.75) is 6.42 Å². The molecule has 1 saturated heterocycles. The molecule has 35 heavy (non-hydrogen) atoms. The molecule has 3 N–H and O–H groups in total. The van der Waals surface area contributed by atoms with Gasteiger partial charge in [0, 0.05) is 44.6 Å². The van der Waals surface area contributed by atoms with Crippen LogP contribution in [-0.2, 0) is 22.4 Å². The smallest absolute Gasteiger partial charge is 0.231 e. The summed E-state index contributed by atoms with van der Waals surface area (Å²) in [6, 6.07) is 8.01. The maximum absolute atomic E-state index is 10.9. The Balaban J connectivity index is 1.54. The molecule has 182 valence electrons. The van der Waals surface area contributed by atoms with Crippen LogP contribution in [0.1, 0.15) is 5.56 Å². The third-order valence-corrected chi connectivity index (χ3v) is 6.95. The average Bonchev–Trinajstić information content (AvgIpc) is 3.33. The monoisotopic (exact) mass is 512 g/mol. The molecule has 1 aliphatic heterocycles. The summed E-state index contributed by atoms with van der Waals surface area (Å²) in [5.41, 5.74) is 3.49. The van der Waals surface area contributed by atoms with Crippen molar-refractivity contribution in [3.63, 3.8) is 0 Å². The predicted molar refractivity (Wildman–Crippen MR) is 137 cm³/mol. The van der Waals surface area contributed by atoms with Gasteiger partial charge in [-0.3, -0.25) is 4.55 Å². The standard InChI is InChI=1S/C22H24N8O3S2/c1-23-22-24-12-16(13-25-22)18-28-19(30-7-9-33-10-8-30)17-21(29-18)34-20(27-17)15-4-2-3-14(11-15)5-6-26-35(31)32/h2-4,11-13,26H,5-10H2,1H3,(H,31,32)(H,23,24,25). The van der Waals surface area contributed by atoms with E-state index in [1.54, 1.807) is 19.4 Å². The molecule has 1 unspecified atom stereocenters. The highest BCUT2D eigenvalue weighted by atomic mass is 32.2. The number of fused-ring (bicyclic) bond motifs is 1. The van der Waals surface area contributed by atoms with Gasteiger partial charge in [-0.25, -0.2) is 33.9 Å². The fourth-order valence-electron chi connectivity index (χ4n) is 3.77. The lowest BCUT2D eigenvalue weighted by atomic mass is 10.1. The van der Waals surface area contributed by atoms with E-state index in [0.29, 0.717) is 38.0 Å². The SMILES string of the molecule is CNc1ncc(-c2nc(N3CCOCC3)c3nc(-c4cccc(CCNS(=O)O)c4)sc3n2)cn1. The molecule has 1 aliphatic rings. The van der Waals surface area contributed by atoms with Crippen LogP contribution in [0.3, 0.4) is 0 Å². The van der Waals surface area contributed by atoms with Crippen LogP contribution in [0, 0.1) is 0 Å². The van der Waals surface area contributed by atoms with Crippen molar-refractivity contribution in [2.24, 2.45) is 0 Å². The summed E-state index contributed by atoms with van der Waals surface area (Å²) >= 11 is -0.513. The summed E-state index contributed by atoms with van der Waals surface area (Å²) in [6.07, 6.45) is 4.04. The molecule has 13 heteroatoms. The summed E-state index contributed by atoms with van der Waals surface area (Å²) in [5, 5.41) is 3.75. The van der Waals surface area contributed by atoms with Gasteiger partial charge in [-0.2, -0.15) is 0 Å². The van der Waals surface area contributed by atoms with Crippen LogP contribution >= 0.6 is 11.3 Å². The van der Waals surface area contributed by atoms with E-state index in [9.17, 15) is 4.21 Å². The zero-order chi connectivity index (χ0) is 24.2. The summed E-state index contributed by atoms with van der Waals surface area (Å²) in [7, 11) is 1.77. The summed E-state index contributed by atoms with van der Waals surface area (Å²) in [6.45, 7) is 3.11. The van der Waals surface area contributed by atoms with Gasteiger partial charge in [0.05, 0.1) is 18.8 Å². The van der Waals surface area contributed by atoms with E-state index in [1.807, 2.05) is 24.3 Å². The molecule has 0 spiro atoms. The van der Waals surface area contributed by atoms with Gasteiger partial charge in [0.2, 0.25) is 17.2 Å². The summed E-state index contributed by atoms with van der Waals surface area (Å²) in [4.78, 5) is 26.2. The van der Waals surface area contributed by atoms with Gasteiger partial charge in [-0.15, -0.1) is 0 Å². The maximum Gasteiger partial charge on any atom is 0.231 e. The largest absolute Gasteiger partial charge is 0.378 e. The van der Waals surface area contributed by atoms with E-state index in [0.717, 1.165) is 51.0 Å². The van der Waals surface area contributed by atoms with E-state index >= 15 is 0 Å². The Morgan fingerprint density at radius 1 is 1.14 bits per heavy atom. The summed E-state index contributed by atoms with van der Waals surface area (Å²) in [5.74, 6) is 1.86. The van der Waals surface area contributed by atoms with E-state index in [4.69, 9.17) is 24.2 Å². The van der Waals surface area contributed by atoms with Crippen LogP contribution in [0.2, 0.25) is 0 Å². The predicted octanol–water partition coefficient (Wildman–Crippen LogP) is 2.36. The molecule has 5 rings (SSSR count). The third-order valence-electron chi connectivity index (χ3n) is 5.50. The van der Waals surface area contributed by atoms with Crippen molar-refractivity contribution in [3.8, 4) is 22.0 Å². The number of benzene rings is 1. The van der Waals surface area contributed by atoms with Crippen molar-refractivity contribution in [1.29, 1.82) is 0 Å². The molecule has 11 nitrogen and oxygen atoms in total. The Morgan fingerprint density at radius 2 is 1.94 bits per heavy atom. The van der Waals surface area contributed by atoms with Gasteiger partial charge in [0.15, 0.2) is 11.6 Å². The Kier molecular flexibility index (Phi) is 7.20. The van der Waals surface area contributed by atoms with E-state index in [2.05, 4.69) is 24.9 Å². The van der Waals surface area contributed by atoms with Crippen LogP contribution in [0.4, 0.5) is 11.8 Å². The van der Waals surface area contributed by atoms with Crippen LogP contribution in [0.5, 0.6) is 0 Å². The molecule has 0 amide bonds. The number of hydrogen-bond donors (Lipinski definition) is 3. The first-order valence-electron chi connectivity index (χ1n) is 11.1. The lowest BCUT2D eigenvalue weighted by molar-refractivity contribution is 0.122. The van der Waals surface area contributed by atoms with E-state index < -0.39 is 11.3 Å². The second kappa shape index (κ2) is 10.7.